The van der Waals surface area contributed by atoms with Gasteiger partial charge in [-0.1, -0.05) is 20.8 Å². The first-order chi connectivity index (χ1) is 7.63. The molecule has 0 aliphatic carbocycles. The van der Waals surface area contributed by atoms with Gasteiger partial charge >= 0.3 is 0 Å². The van der Waals surface area contributed by atoms with Crippen molar-refractivity contribution in [3.05, 3.63) is 12.2 Å². The van der Waals surface area contributed by atoms with Crippen molar-refractivity contribution in [2.24, 2.45) is 5.92 Å². The van der Waals surface area contributed by atoms with Crippen LogP contribution in [0.4, 0.5) is 0 Å². The fourth-order valence-corrected chi connectivity index (χ4v) is 1.60. The summed E-state index contributed by atoms with van der Waals surface area (Å²) in [6.45, 7) is 7.12. The lowest BCUT2D eigenvalue weighted by Gasteiger charge is -2.07. The lowest BCUT2D eigenvalue weighted by molar-refractivity contribution is -0.118. The van der Waals surface area contributed by atoms with E-state index < -0.39 is 0 Å². The summed E-state index contributed by atoms with van der Waals surface area (Å²) in [4.78, 5) is 15.4. The molecule has 0 aliphatic rings. The average Bonchev–Trinajstić information content (AvgIpc) is 2.64. The molecule has 0 aromatic carbocycles. The molecule has 0 spiro atoms. The summed E-state index contributed by atoms with van der Waals surface area (Å²) in [6.07, 6.45) is 4.62. The summed E-state index contributed by atoms with van der Waals surface area (Å²) in [5.74, 6) is 1.89. The van der Waals surface area contributed by atoms with Crippen LogP contribution in [-0.4, -0.2) is 20.5 Å². The van der Waals surface area contributed by atoms with Crippen molar-refractivity contribution >= 4 is 5.78 Å². The van der Waals surface area contributed by atoms with Gasteiger partial charge in [0.05, 0.1) is 0 Å². The molecule has 0 radical (unpaired) electrons. The molecule has 1 aromatic rings. The smallest absolute Gasteiger partial charge is 0.138 e. The zero-order valence-corrected chi connectivity index (χ0v) is 10.4. The van der Waals surface area contributed by atoms with Crippen LogP contribution in [0.1, 0.15) is 45.9 Å². The molecule has 0 amide bonds. The summed E-state index contributed by atoms with van der Waals surface area (Å²) in [5.41, 5.74) is 0. The first-order valence-corrected chi connectivity index (χ1v) is 6.01. The number of Topliss-reactive ketones (excluding diaryl/α,β-unsaturated/α-hetero) is 1. The van der Waals surface area contributed by atoms with Crippen LogP contribution < -0.4 is 0 Å². The molecule has 90 valence electrons. The lowest BCUT2D eigenvalue weighted by Crippen LogP contribution is -2.10. The third-order valence-electron chi connectivity index (χ3n) is 2.48. The Morgan fingerprint density at radius 3 is 2.88 bits per heavy atom. The highest BCUT2D eigenvalue weighted by atomic mass is 16.1. The predicted octanol–water partition coefficient (Wildman–Crippen LogP) is 2.24. The average molecular weight is 223 g/mol. The number of carbonyl (C=O) groups is 1. The number of carbonyl (C=O) groups excluding carboxylic acids is 1. The van der Waals surface area contributed by atoms with Gasteiger partial charge in [-0.25, -0.2) is 9.67 Å². The maximum Gasteiger partial charge on any atom is 0.138 e. The summed E-state index contributed by atoms with van der Waals surface area (Å²) in [7, 11) is 0. The second-order valence-corrected chi connectivity index (χ2v) is 4.50. The molecule has 16 heavy (non-hydrogen) atoms. The highest BCUT2D eigenvalue weighted by Crippen LogP contribution is 2.06. The van der Waals surface area contributed by atoms with E-state index in [1.807, 2.05) is 11.6 Å². The molecule has 0 bridgehead atoms. The number of ketones is 1. The molecule has 4 heteroatoms. The summed E-state index contributed by atoms with van der Waals surface area (Å²) < 4.78 is 1.95. The zero-order valence-electron chi connectivity index (χ0n) is 10.4. The van der Waals surface area contributed by atoms with Gasteiger partial charge in [-0.05, 0) is 12.3 Å². The van der Waals surface area contributed by atoms with E-state index in [1.54, 1.807) is 6.33 Å². The van der Waals surface area contributed by atoms with E-state index in [-0.39, 0.29) is 0 Å². The normalized spacial score (nSPS) is 11.0. The SMILES string of the molecule is CCC(=O)CCCc1ncnn1CC(C)C. The van der Waals surface area contributed by atoms with Gasteiger partial charge in [-0.3, -0.25) is 4.79 Å². The largest absolute Gasteiger partial charge is 0.300 e. The van der Waals surface area contributed by atoms with Crippen LogP contribution in [0.3, 0.4) is 0 Å². The van der Waals surface area contributed by atoms with Gasteiger partial charge in [0.2, 0.25) is 0 Å². The Hall–Kier alpha value is -1.19. The van der Waals surface area contributed by atoms with E-state index in [9.17, 15) is 4.79 Å². The van der Waals surface area contributed by atoms with Crippen molar-refractivity contribution < 1.29 is 4.79 Å². The summed E-state index contributed by atoms with van der Waals surface area (Å²) in [5, 5.41) is 4.19. The Balaban J connectivity index is 2.41. The molecule has 1 aromatic heterocycles. The van der Waals surface area contributed by atoms with Crippen molar-refractivity contribution in [2.45, 2.75) is 53.0 Å². The monoisotopic (exact) mass is 223 g/mol. The fourth-order valence-electron chi connectivity index (χ4n) is 1.60. The van der Waals surface area contributed by atoms with Crippen molar-refractivity contribution in [3.8, 4) is 0 Å². The maximum absolute atomic E-state index is 11.2. The molecule has 0 unspecified atom stereocenters. The van der Waals surface area contributed by atoms with Gasteiger partial charge in [-0.2, -0.15) is 5.10 Å². The van der Waals surface area contributed by atoms with E-state index in [1.165, 1.54) is 0 Å². The third kappa shape index (κ3) is 4.13. The molecule has 0 fully saturated rings. The van der Waals surface area contributed by atoms with Crippen molar-refractivity contribution in [2.75, 3.05) is 0 Å². The Bertz CT molecular complexity index is 331. The number of hydrogen-bond acceptors (Lipinski definition) is 3. The van der Waals surface area contributed by atoms with Gasteiger partial charge in [0.25, 0.3) is 0 Å². The van der Waals surface area contributed by atoms with E-state index >= 15 is 0 Å². The molecule has 4 nitrogen and oxygen atoms in total. The first kappa shape index (κ1) is 12.9. The van der Waals surface area contributed by atoms with Crippen molar-refractivity contribution in [1.82, 2.24) is 14.8 Å². The number of rotatable bonds is 7. The van der Waals surface area contributed by atoms with Gasteiger partial charge < -0.3 is 0 Å². The minimum Gasteiger partial charge on any atom is -0.300 e. The second kappa shape index (κ2) is 6.40. The molecule has 0 saturated heterocycles. The van der Waals surface area contributed by atoms with Crippen molar-refractivity contribution in [1.29, 1.82) is 0 Å². The molecule has 1 rings (SSSR count). The molecular weight excluding hydrogens is 202 g/mol. The first-order valence-electron chi connectivity index (χ1n) is 6.01. The highest BCUT2D eigenvalue weighted by Gasteiger charge is 2.06. The lowest BCUT2D eigenvalue weighted by atomic mass is 10.1. The maximum atomic E-state index is 11.2. The quantitative estimate of drug-likeness (QED) is 0.712. The Kier molecular flexibility index (Phi) is 5.15. The van der Waals surface area contributed by atoms with E-state index in [0.29, 0.717) is 24.5 Å². The Labute approximate surface area is 97.1 Å². The molecule has 0 N–H and O–H groups in total. The Morgan fingerprint density at radius 2 is 2.25 bits per heavy atom. The second-order valence-electron chi connectivity index (χ2n) is 4.50. The Morgan fingerprint density at radius 1 is 1.50 bits per heavy atom. The number of hydrogen-bond donors (Lipinski definition) is 0. The fraction of sp³-hybridized carbons (Fsp3) is 0.750. The van der Waals surface area contributed by atoms with Gasteiger partial charge in [-0.15, -0.1) is 0 Å². The van der Waals surface area contributed by atoms with E-state index in [2.05, 4.69) is 23.9 Å². The highest BCUT2D eigenvalue weighted by molar-refractivity contribution is 5.77. The number of aryl methyl sites for hydroxylation is 1. The van der Waals surface area contributed by atoms with Crippen LogP contribution in [0.15, 0.2) is 6.33 Å². The molecule has 0 aliphatic heterocycles. The topological polar surface area (TPSA) is 47.8 Å². The third-order valence-corrected chi connectivity index (χ3v) is 2.48. The van der Waals surface area contributed by atoms with Crippen molar-refractivity contribution in [3.63, 3.8) is 0 Å². The number of nitrogens with zero attached hydrogens (tertiary/aromatic N) is 3. The van der Waals surface area contributed by atoms with Gasteiger partial charge in [0.1, 0.15) is 17.9 Å². The van der Waals surface area contributed by atoms with Gasteiger partial charge in [0, 0.05) is 25.8 Å². The van der Waals surface area contributed by atoms with Crippen LogP contribution in [-0.2, 0) is 17.8 Å². The minimum absolute atomic E-state index is 0.329. The molecule has 1 heterocycles. The molecule has 0 atom stereocenters. The zero-order chi connectivity index (χ0) is 12.0. The van der Waals surface area contributed by atoms with Crippen LogP contribution >= 0.6 is 0 Å². The van der Waals surface area contributed by atoms with E-state index in [4.69, 9.17) is 0 Å². The van der Waals surface area contributed by atoms with Crippen LogP contribution in [0.2, 0.25) is 0 Å². The van der Waals surface area contributed by atoms with Crippen LogP contribution in [0.25, 0.3) is 0 Å². The predicted molar refractivity (Wildman–Crippen MR) is 63.1 cm³/mol. The molecule has 0 saturated carbocycles. The van der Waals surface area contributed by atoms with E-state index in [0.717, 1.165) is 25.2 Å². The number of aromatic nitrogens is 3. The van der Waals surface area contributed by atoms with Crippen LogP contribution in [0, 0.1) is 5.92 Å². The summed E-state index contributed by atoms with van der Waals surface area (Å²) in [6, 6.07) is 0. The van der Waals surface area contributed by atoms with Gasteiger partial charge in [0.15, 0.2) is 0 Å². The minimum atomic E-state index is 0.329. The summed E-state index contributed by atoms with van der Waals surface area (Å²) >= 11 is 0. The molecular formula is C12H21N3O. The standard InChI is InChI=1S/C12H21N3O/c1-4-11(16)6-5-7-12-13-9-14-15(12)8-10(2)3/h9-10H,4-8H2,1-3H3. The van der Waals surface area contributed by atoms with Crippen LogP contribution in [0.5, 0.6) is 0 Å².